The molecule has 0 unspecified atom stereocenters. The highest BCUT2D eigenvalue weighted by molar-refractivity contribution is 6.59. The molecule has 3 nitrogen and oxygen atoms in total. The van der Waals surface area contributed by atoms with E-state index in [1.807, 2.05) is 0 Å². The highest BCUT2D eigenvalue weighted by Crippen LogP contribution is 2.24. The Bertz CT molecular complexity index is 358. The first-order valence-corrected chi connectivity index (χ1v) is 4.96. The Labute approximate surface area is 95.9 Å². The lowest BCUT2D eigenvalue weighted by Gasteiger charge is -2.20. The van der Waals surface area contributed by atoms with E-state index >= 15 is 0 Å². The Balaban J connectivity index is 0.00000112. The number of anilines is 1. The summed E-state index contributed by atoms with van der Waals surface area (Å²) < 4.78 is 0. The third kappa shape index (κ3) is 2.28. The molecule has 0 bridgehead atoms. The van der Waals surface area contributed by atoms with Gasteiger partial charge in [0.15, 0.2) is 0 Å². The van der Waals surface area contributed by atoms with Gasteiger partial charge in [-0.15, -0.1) is 12.4 Å². The van der Waals surface area contributed by atoms with Gasteiger partial charge < -0.3 is 15.8 Å². The lowest BCUT2D eigenvalue weighted by Crippen LogP contribution is -2.35. The second kappa shape index (κ2) is 4.88. The fraction of sp³-hybridized carbons (Fsp3) is 0.400. The van der Waals surface area contributed by atoms with Gasteiger partial charge in [0.25, 0.3) is 0 Å². The summed E-state index contributed by atoms with van der Waals surface area (Å²) >= 11 is 0. The van der Waals surface area contributed by atoms with Crippen LogP contribution in [-0.4, -0.2) is 17.2 Å². The quantitative estimate of drug-likeness (QED) is 0.476. The Morgan fingerprint density at radius 2 is 1.67 bits per heavy atom. The summed E-state index contributed by atoms with van der Waals surface area (Å²) in [5, 5.41) is 18.4. The van der Waals surface area contributed by atoms with Crippen LogP contribution < -0.4 is 11.2 Å². The van der Waals surface area contributed by atoms with Crippen molar-refractivity contribution in [2.24, 2.45) is 0 Å². The van der Waals surface area contributed by atoms with Gasteiger partial charge in [0.2, 0.25) is 0 Å². The van der Waals surface area contributed by atoms with Crippen LogP contribution in [-0.2, 0) is 12.8 Å². The summed E-state index contributed by atoms with van der Waals surface area (Å²) in [6, 6.07) is 3.48. The van der Waals surface area contributed by atoms with Crippen molar-refractivity contribution in [3.05, 3.63) is 23.3 Å². The molecule has 0 heterocycles. The van der Waals surface area contributed by atoms with Crippen LogP contribution in [0.3, 0.4) is 0 Å². The predicted molar refractivity (Wildman–Crippen MR) is 64.6 cm³/mol. The summed E-state index contributed by atoms with van der Waals surface area (Å²) in [6.07, 6.45) is 4.12. The number of nitrogen functional groups attached to an aromatic ring is 1. The maximum absolute atomic E-state index is 9.19. The molecule has 0 spiro atoms. The van der Waals surface area contributed by atoms with Crippen LogP contribution in [0.4, 0.5) is 5.69 Å². The molecule has 4 N–H and O–H groups in total. The molecule has 0 amide bonds. The van der Waals surface area contributed by atoms with Gasteiger partial charge in [0.1, 0.15) is 0 Å². The number of nitrogens with two attached hydrogens (primary N) is 1. The fourth-order valence-corrected chi connectivity index (χ4v) is 2.17. The van der Waals surface area contributed by atoms with Crippen molar-refractivity contribution >= 4 is 30.7 Å². The number of benzene rings is 1. The maximum atomic E-state index is 9.19. The largest absolute Gasteiger partial charge is 0.488 e. The smallest absolute Gasteiger partial charge is 0.423 e. The van der Waals surface area contributed by atoms with E-state index in [9.17, 15) is 10.0 Å². The van der Waals surface area contributed by atoms with Gasteiger partial charge in [-0.05, 0) is 48.3 Å². The van der Waals surface area contributed by atoms with Gasteiger partial charge in [0.05, 0.1) is 0 Å². The third-order valence-corrected chi connectivity index (χ3v) is 2.89. The van der Waals surface area contributed by atoms with E-state index in [-0.39, 0.29) is 12.4 Å². The zero-order valence-corrected chi connectivity index (χ0v) is 9.26. The summed E-state index contributed by atoms with van der Waals surface area (Å²) in [4.78, 5) is 0. The van der Waals surface area contributed by atoms with Gasteiger partial charge in [-0.2, -0.15) is 0 Å². The monoisotopic (exact) mass is 227 g/mol. The van der Waals surface area contributed by atoms with Crippen molar-refractivity contribution in [1.29, 1.82) is 0 Å². The standard InChI is InChI=1S/C10H14BNO2.ClH/c12-10-6-5-9(11(13)14)7-3-1-2-4-8(7)10;/h5-6,13-14H,1-4,12H2;1H. The highest BCUT2D eigenvalue weighted by Gasteiger charge is 2.21. The molecule has 82 valence electrons. The second-order valence-corrected chi connectivity index (χ2v) is 3.78. The number of fused-ring (bicyclic) bond motifs is 1. The molecule has 0 radical (unpaired) electrons. The predicted octanol–water partition coefficient (Wildman–Crippen LogP) is 0.249. The van der Waals surface area contributed by atoms with Crippen LogP contribution in [0.25, 0.3) is 0 Å². The number of halogens is 1. The first-order valence-electron chi connectivity index (χ1n) is 4.96. The van der Waals surface area contributed by atoms with Gasteiger partial charge in [0, 0.05) is 5.69 Å². The van der Waals surface area contributed by atoms with E-state index < -0.39 is 7.12 Å². The molecule has 0 aliphatic heterocycles. The highest BCUT2D eigenvalue weighted by atomic mass is 35.5. The molecule has 1 aromatic rings. The van der Waals surface area contributed by atoms with Crippen LogP contribution in [0, 0.1) is 0 Å². The Morgan fingerprint density at radius 1 is 1.07 bits per heavy atom. The Kier molecular flexibility index (Phi) is 4.02. The van der Waals surface area contributed by atoms with Crippen LogP contribution >= 0.6 is 12.4 Å². The summed E-state index contributed by atoms with van der Waals surface area (Å²) in [5.41, 5.74) is 9.41. The lowest BCUT2D eigenvalue weighted by molar-refractivity contribution is 0.425. The molecule has 1 aliphatic carbocycles. The van der Waals surface area contributed by atoms with E-state index in [4.69, 9.17) is 5.73 Å². The van der Waals surface area contributed by atoms with E-state index in [1.54, 1.807) is 12.1 Å². The van der Waals surface area contributed by atoms with Crippen LogP contribution in [0.5, 0.6) is 0 Å². The van der Waals surface area contributed by atoms with Crippen molar-refractivity contribution in [3.8, 4) is 0 Å². The lowest BCUT2D eigenvalue weighted by atomic mass is 9.72. The Morgan fingerprint density at radius 3 is 2.27 bits per heavy atom. The van der Waals surface area contributed by atoms with Gasteiger partial charge in [-0.25, -0.2) is 0 Å². The number of hydrogen-bond donors (Lipinski definition) is 3. The molecule has 1 aromatic carbocycles. The van der Waals surface area contributed by atoms with Crippen molar-refractivity contribution in [2.45, 2.75) is 25.7 Å². The van der Waals surface area contributed by atoms with Gasteiger partial charge in [-0.1, -0.05) is 6.07 Å². The summed E-state index contributed by atoms with van der Waals surface area (Å²) in [7, 11) is -1.37. The SMILES string of the molecule is Cl.Nc1ccc(B(O)O)c2c1CCCC2. The van der Waals surface area contributed by atoms with Crippen LogP contribution in [0.2, 0.25) is 0 Å². The molecule has 15 heavy (non-hydrogen) atoms. The molecule has 0 aromatic heterocycles. The van der Waals surface area contributed by atoms with Crippen molar-refractivity contribution < 1.29 is 10.0 Å². The average Bonchev–Trinajstić information content (AvgIpc) is 2.18. The molecule has 0 atom stereocenters. The summed E-state index contributed by atoms with van der Waals surface area (Å²) in [6.45, 7) is 0. The fourth-order valence-electron chi connectivity index (χ4n) is 2.17. The van der Waals surface area contributed by atoms with Gasteiger partial charge >= 0.3 is 7.12 Å². The minimum Gasteiger partial charge on any atom is -0.423 e. The normalized spacial score (nSPS) is 14.0. The summed E-state index contributed by atoms with van der Waals surface area (Å²) in [5.74, 6) is 0. The van der Waals surface area contributed by atoms with E-state index in [0.717, 1.165) is 42.5 Å². The van der Waals surface area contributed by atoms with Crippen molar-refractivity contribution in [2.75, 3.05) is 5.73 Å². The molecule has 0 fully saturated rings. The van der Waals surface area contributed by atoms with E-state index in [1.165, 1.54) is 0 Å². The van der Waals surface area contributed by atoms with Gasteiger partial charge in [-0.3, -0.25) is 0 Å². The van der Waals surface area contributed by atoms with Crippen molar-refractivity contribution in [1.82, 2.24) is 0 Å². The number of hydrogen-bond acceptors (Lipinski definition) is 3. The van der Waals surface area contributed by atoms with Crippen LogP contribution in [0.1, 0.15) is 24.0 Å². The first-order chi connectivity index (χ1) is 6.70. The minimum atomic E-state index is -1.37. The topological polar surface area (TPSA) is 66.5 Å². The molecule has 0 saturated heterocycles. The molecular weight excluding hydrogens is 212 g/mol. The minimum absolute atomic E-state index is 0. The van der Waals surface area contributed by atoms with E-state index in [0.29, 0.717) is 5.46 Å². The average molecular weight is 227 g/mol. The Hall–Kier alpha value is -0.705. The zero-order chi connectivity index (χ0) is 10.1. The maximum Gasteiger partial charge on any atom is 0.488 e. The van der Waals surface area contributed by atoms with Crippen molar-refractivity contribution in [3.63, 3.8) is 0 Å². The van der Waals surface area contributed by atoms with E-state index in [2.05, 4.69) is 0 Å². The molecule has 1 aliphatic rings. The third-order valence-electron chi connectivity index (χ3n) is 2.89. The van der Waals surface area contributed by atoms with Crippen LogP contribution in [0.15, 0.2) is 12.1 Å². The molecular formula is C10H15BClNO2. The first kappa shape index (κ1) is 12.4. The molecule has 2 rings (SSSR count). The zero-order valence-electron chi connectivity index (χ0n) is 8.44. The number of rotatable bonds is 1. The molecule has 5 heteroatoms. The second-order valence-electron chi connectivity index (χ2n) is 3.78. The molecule has 0 saturated carbocycles.